The van der Waals surface area contributed by atoms with Crippen molar-refractivity contribution in [1.29, 1.82) is 0 Å². The molecule has 0 unspecified atom stereocenters. The van der Waals surface area contributed by atoms with E-state index in [1.807, 2.05) is 6.92 Å². The van der Waals surface area contributed by atoms with E-state index in [2.05, 4.69) is 0 Å². The molecule has 19 heavy (non-hydrogen) atoms. The average Bonchev–Trinajstić information content (AvgIpc) is 2.29. The van der Waals surface area contributed by atoms with Crippen LogP contribution >= 0.6 is 22.3 Å². The van der Waals surface area contributed by atoms with E-state index in [0.29, 0.717) is 13.0 Å². The van der Waals surface area contributed by atoms with Crippen LogP contribution in [0.4, 0.5) is 4.39 Å². The zero-order chi connectivity index (χ0) is 14.8. The number of carbonyl (C=O) groups excluding carboxylic acids is 1. The number of rotatable bonds is 4. The maximum atomic E-state index is 14.0. The number of hydrogen-bond donors (Lipinski definition) is 0. The Morgan fingerprint density at radius 2 is 2.00 bits per heavy atom. The first kappa shape index (κ1) is 16.2. The standard InChI is InChI=1S/C11H12Cl2FNO3S/c1-3-4-15(2)11(16)8-5-7(12)6-9(10(8)14)19(13,17)18/h5-6H,3-4H2,1-2H3. The summed E-state index contributed by atoms with van der Waals surface area (Å²) in [7, 11) is 2.28. The molecule has 0 saturated carbocycles. The zero-order valence-electron chi connectivity index (χ0n) is 10.3. The van der Waals surface area contributed by atoms with Gasteiger partial charge in [0.1, 0.15) is 4.90 Å². The van der Waals surface area contributed by atoms with Crippen LogP contribution < -0.4 is 0 Å². The van der Waals surface area contributed by atoms with E-state index in [-0.39, 0.29) is 5.02 Å². The molecule has 4 nitrogen and oxygen atoms in total. The van der Waals surface area contributed by atoms with E-state index in [9.17, 15) is 17.6 Å². The molecule has 1 amide bonds. The molecule has 0 aromatic heterocycles. The largest absolute Gasteiger partial charge is 0.342 e. The zero-order valence-corrected chi connectivity index (χ0v) is 12.6. The molecule has 0 aliphatic heterocycles. The minimum atomic E-state index is -4.31. The van der Waals surface area contributed by atoms with Crippen molar-refractivity contribution in [2.45, 2.75) is 18.2 Å². The molecule has 1 aromatic carbocycles. The monoisotopic (exact) mass is 327 g/mol. The van der Waals surface area contributed by atoms with Crippen LogP contribution in [-0.4, -0.2) is 32.8 Å². The van der Waals surface area contributed by atoms with Gasteiger partial charge in [0.2, 0.25) is 0 Å². The fraction of sp³-hybridized carbons (Fsp3) is 0.364. The second-order valence-corrected chi connectivity index (χ2v) is 6.90. The summed E-state index contributed by atoms with van der Waals surface area (Å²) in [5, 5.41) is -0.0751. The molecule has 0 fully saturated rings. The summed E-state index contributed by atoms with van der Waals surface area (Å²) >= 11 is 5.69. The number of nitrogens with zero attached hydrogens (tertiary/aromatic N) is 1. The highest BCUT2D eigenvalue weighted by atomic mass is 35.7. The number of hydrogen-bond acceptors (Lipinski definition) is 3. The van der Waals surface area contributed by atoms with Crippen molar-refractivity contribution in [3.63, 3.8) is 0 Å². The fourth-order valence-electron chi connectivity index (χ4n) is 1.54. The highest BCUT2D eigenvalue weighted by Crippen LogP contribution is 2.27. The van der Waals surface area contributed by atoms with Gasteiger partial charge in [-0.1, -0.05) is 18.5 Å². The van der Waals surface area contributed by atoms with Gasteiger partial charge in [0, 0.05) is 29.3 Å². The molecular formula is C11H12Cl2FNO3S. The Bertz CT molecular complexity index is 604. The third-order valence-corrected chi connectivity index (χ3v) is 3.94. The molecule has 0 radical (unpaired) electrons. The summed E-state index contributed by atoms with van der Waals surface area (Å²) < 4.78 is 36.5. The Balaban J connectivity index is 3.38. The highest BCUT2D eigenvalue weighted by molar-refractivity contribution is 8.13. The first-order valence-electron chi connectivity index (χ1n) is 5.37. The van der Waals surface area contributed by atoms with Crippen LogP contribution in [0.1, 0.15) is 23.7 Å². The minimum absolute atomic E-state index is 0.0751. The minimum Gasteiger partial charge on any atom is -0.342 e. The highest BCUT2D eigenvalue weighted by Gasteiger charge is 2.25. The Morgan fingerprint density at radius 3 is 2.47 bits per heavy atom. The summed E-state index contributed by atoms with van der Waals surface area (Å²) in [6.07, 6.45) is 0.686. The summed E-state index contributed by atoms with van der Waals surface area (Å²) in [6.45, 7) is 2.26. The average molecular weight is 328 g/mol. The van der Waals surface area contributed by atoms with Gasteiger partial charge in [-0.3, -0.25) is 4.79 Å². The van der Waals surface area contributed by atoms with Gasteiger partial charge in [-0.15, -0.1) is 0 Å². The van der Waals surface area contributed by atoms with E-state index in [0.717, 1.165) is 12.1 Å². The molecule has 0 atom stereocenters. The normalized spacial score (nSPS) is 11.4. The summed E-state index contributed by atoms with van der Waals surface area (Å²) in [5.41, 5.74) is -0.414. The lowest BCUT2D eigenvalue weighted by molar-refractivity contribution is 0.0790. The molecule has 106 valence electrons. The van der Waals surface area contributed by atoms with Crippen molar-refractivity contribution in [3.05, 3.63) is 28.5 Å². The first-order chi connectivity index (χ1) is 8.68. The second-order valence-electron chi connectivity index (χ2n) is 3.93. The van der Waals surface area contributed by atoms with Gasteiger partial charge < -0.3 is 4.90 Å². The summed E-state index contributed by atoms with van der Waals surface area (Å²) in [4.78, 5) is 12.5. The van der Waals surface area contributed by atoms with Crippen molar-refractivity contribution in [3.8, 4) is 0 Å². The number of benzene rings is 1. The maximum absolute atomic E-state index is 14.0. The SMILES string of the molecule is CCCN(C)C(=O)c1cc(Cl)cc(S(=O)(=O)Cl)c1F. The summed E-state index contributed by atoms with van der Waals surface area (Å²) in [6, 6.07) is 1.95. The molecule has 1 rings (SSSR count). The Morgan fingerprint density at radius 1 is 1.42 bits per heavy atom. The van der Waals surface area contributed by atoms with Gasteiger partial charge >= 0.3 is 0 Å². The second kappa shape index (κ2) is 6.07. The maximum Gasteiger partial charge on any atom is 0.264 e. The topological polar surface area (TPSA) is 54.5 Å². The number of carbonyl (C=O) groups is 1. The molecule has 0 aliphatic rings. The lowest BCUT2D eigenvalue weighted by Crippen LogP contribution is -2.28. The van der Waals surface area contributed by atoms with Crippen LogP contribution in [0.15, 0.2) is 17.0 Å². The molecule has 0 N–H and O–H groups in total. The molecule has 0 saturated heterocycles. The number of halogens is 3. The Kier molecular flexibility index (Phi) is 5.18. The van der Waals surface area contributed by atoms with E-state index in [1.54, 1.807) is 0 Å². The van der Waals surface area contributed by atoms with Crippen LogP contribution in [-0.2, 0) is 9.05 Å². The van der Waals surface area contributed by atoms with Gasteiger partial charge in [-0.25, -0.2) is 12.8 Å². The fourth-order valence-corrected chi connectivity index (χ4v) is 2.75. The summed E-state index contributed by atoms with van der Waals surface area (Å²) in [5.74, 6) is -1.84. The molecule has 0 aliphatic carbocycles. The third kappa shape index (κ3) is 3.81. The Labute approximate surface area is 120 Å². The van der Waals surface area contributed by atoms with Gasteiger partial charge in [0.15, 0.2) is 5.82 Å². The van der Waals surface area contributed by atoms with Gasteiger partial charge in [0.05, 0.1) is 5.56 Å². The molecule has 8 heteroatoms. The van der Waals surface area contributed by atoms with Crippen LogP contribution in [0.25, 0.3) is 0 Å². The van der Waals surface area contributed by atoms with Crippen molar-refractivity contribution < 1.29 is 17.6 Å². The smallest absolute Gasteiger partial charge is 0.264 e. The van der Waals surface area contributed by atoms with Crippen LogP contribution in [0, 0.1) is 5.82 Å². The van der Waals surface area contributed by atoms with E-state index >= 15 is 0 Å². The van der Waals surface area contributed by atoms with E-state index < -0.39 is 31.2 Å². The van der Waals surface area contributed by atoms with Gasteiger partial charge in [0.25, 0.3) is 15.0 Å². The third-order valence-electron chi connectivity index (χ3n) is 2.40. The predicted molar refractivity (Wildman–Crippen MR) is 71.7 cm³/mol. The molecule has 0 heterocycles. The quantitative estimate of drug-likeness (QED) is 0.799. The van der Waals surface area contributed by atoms with Crippen molar-refractivity contribution in [2.75, 3.05) is 13.6 Å². The number of amides is 1. The Hall–Kier alpha value is -0.850. The van der Waals surface area contributed by atoms with Crippen molar-refractivity contribution in [1.82, 2.24) is 4.90 Å². The van der Waals surface area contributed by atoms with Crippen molar-refractivity contribution in [2.24, 2.45) is 0 Å². The molecular weight excluding hydrogens is 316 g/mol. The van der Waals surface area contributed by atoms with E-state index in [1.165, 1.54) is 11.9 Å². The lowest BCUT2D eigenvalue weighted by Gasteiger charge is -2.17. The van der Waals surface area contributed by atoms with Crippen LogP contribution in [0.3, 0.4) is 0 Å². The predicted octanol–water partition coefficient (Wildman–Crippen LogP) is 2.89. The molecule has 1 aromatic rings. The van der Waals surface area contributed by atoms with Crippen molar-refractivity contribution >= 4 is 37.2 Å². The molecule has 0 spiro atoms. The molecule has 0 bridgehead atoms. The van der Waals surface area contributed by atoms with Gasteiger partial charge in [-0.05, 0) is 18.6 Å². The van der Waals surface area contributed by atoms with Gasteiger partial charge in [-0.2, -0.15) is 0 Å². The first-order valence-corrected chi connectivity index (χ1v) is 8.06. The van der Waals surface area contributed by atoms with E-state index in [4.69, 9.17) is 22.3 Å². The lowest BCUT2D eigenvalue weighted by atomic mass is 10.2. The van der Waals surface area contributed by atoms with Crippen LogP contribution in [0.5, 0.6) is 0 Å². The van der Waals surface area contributed by atoms with Crippen LogP contribution in [0.2, 0.25) is 5.02 Å².